The molecule has 0 fully saturated rings. The van der Waals surface area contributed by atoms with Crippen LogP contribution in [0.5, 0.6) is 5.75 Å². The second-order valence-corrected chi connectivity index (χ2v) is 5.86. The molecule has 0 radical (unpaired) electrons. The van der Waals surface area contributed by atoms with Crippen LogP contribution in [0.4, 0.5) is 0 Å². The molecular formula is C21H26N2O3. The lowest BCUT2D eigenvalue weighted by Gasteiger charge is -2.14. The number of para-hydroxylation sites is 1. The highest BCUT2D eigenvalue weighted by Crippen LogP contribution is 2.22. The van der Waals surface area contributed by atoms with Gasteiger partial charge in [0.25, 0.3) is 5.91 Å². The maximum atomic E-state index is 12.1. The van der Waals surface area contributed by atoms with Crippen molar-refractivity contribution in [3.8, 4) is 5.75 Å². The molecule has 0 bridgehead atoms. The molecule has 0 saturated heterocycles. The van der Waals surface area contributed by atoms with E-state index in [9.17, 15) is 4.79 Å². The third kappa shape index (κ3) is 5.09. The van der Waals surface area contributed by atoms with Crippen molar-refractivity contribution < 1.29 is 14.4 Å². The molecule has 0 saturated carbocycles. The van der Waals surface area contributed by atoms with Crippen molar-refractivity contribution in [2.45, 2.75) is 32.8 Å². The van der Waals surface area contributed by atoms with Gasteiger partial charge in [0.1, 0.15) is 19.5 Å². The molecule has 5 heteroatoms. The molecule has 0 aromatic heterocycles. The number of carbonyl (C=O) groups excluding carboxylic acids is 1. The zero-order chi connectivity index (χ0) is 18.8. The summed E-state index contributed by atoms with van der Waals surface area (Å²) < 4.78 is 6.08. The third-order valence-electron chi connectivity index (χ3n) is 4.05. The van der Waals surface area contributed by atoms with Crippen LogP contribution in [0, 0.1) is 0 Å². The Bertz CT molecular complexity index is 756. The Morgan fingerprint density at radius 3 is 2.46 bits per heavy atom. The van der Waals surface area contributed by atoms with Crippen molar-refractivity contribution in [3.63, 3.8) is 0 Å². The lowest BCUT2D eigenvalue weighted by atomic mass is 10.0. The van der Waals surface area contributed by atoms with E-state index < -0.39 is 0 Å². The molecule has 5 nitrogen and oxygen atoms in total. The number of nitrogens with zero attached hydrogens (tertiary/aromatic N) is 1. The minimum atomic E-state index is -0.303. The number of aryl methyl sites for hydroxylation is 1. The predicted molar refractivity (Wildman–Crippen MR) is 103 cm³/mol. The molecule has 0 atom stereocenters. The Balaban J connectivity index is 2.24. The minimum absolute atomic E-state index is 0.230. The fourth-order valence-electron chi connectivity index (χ4n) is 2.67. The van der Waals surface area contributed by atoms with Crippen molar-refractivity contribution >= 4 is 11.6 Å². The van der Waals surface area contributed by atoms with E-state index in [2.05, 4.69) is 23.5 Å². The second kappa shape index (κ2) is 10.2. The molecule has 1 amide bonds. The summed E-state index contributed by atoms with van der Waals surface area (Å²) >= 11 is 0. The minimum Gasteiger partial charge on any atom is -0.489 e. The fourth-order valence-corrected chi connectivity index (χ4v) is 2.67. The lowest BCUT2D eigenvalue weighted by molar-refractivity contribution is -0.114. The molecule has 0 aliphatic heterocycles. The number of unbranched alkanes of at least 4 members (excludes halogenated alkanes) is 1. The number of rotatable bonds is 9. The van der Waals surface area contributed by atoms with Crippen LogP contribution in [0.3, 0.4) is 0 Å². The molecule has 1 N–H and O–H groups in total. The summed E-state index contributed by atoms with van der Waals surface area (Å²) in [5.74, 6) is 0.573. The van der Waals surface area contributed by atoms with Crippen molar-refractivity contribution in [1.82, 2.24) is 5.32 Å². The van der Waals surface area contributed by atoms with Crippen molar-refractivity contribution in [2.75, 3.05) is 14.2 Å². The maximum Gasteiger partial charge on any atom is 0.273 e. The normalized spacial score (nSPS) is 11.1. The first-order chi connectivity index (χ1) is 12.7. The Morgan fingerprint density at radius 1 is 1.08 bits per heavy atom. The zero-order valence-corrected chi connectivity index (χ0v) is 15.6. The van der Waals surface area contributed by atoms with Crippen LogP contribution >= 0.6 is 0 Å². The van der Waals surface area contributed by atoms with Gasteiger partial charge in [-0.25, -0.2) is 0 Å². The average Bonchev–Trinajstić information content (AvgIpc) is 2.69. The van der Waals surface area contributed by atoms with Crippen LogP contribution in [0.25, 0.3) is 0 Å². The van der Waals surface area contributed by atoms with E-state index in [-0.39, 0.29) is 11.6 Å². The lowest BCUT2D eigenvalue weighted by Crippen LogP contribution is -2.29. The predicted octanol–water partition coefficient (Wildman–Crippen LogP) is 3.70. The molecule has 2 aromatic rings. The molecule has 0 heterocycles. The first-order valence-corrected chi connectivity index (χ1v) is 8.83. The van der Waals surface area contributed by atoms with Gasteiger partial charge < -0.3 is 14.9 Å². The quantitative estimate of drug-likeness (QED) is 0.552. The highest BCUT2D eigenvalue weighted by molar-refractivity contribution is 6.45. The highest BCUT2D eigenvalue weighted by Gasteiger charge is 2.17. The van der Waals surface area contributed by atoms with Crippen LogP contribution in [-0.2, 0) is 22.7 Å². The smallest absolute Gasteiger partial charge is 0.273 e. The summed E-state index contributed by atoms with van der Waals surface area (Å²) in [6.45, 7) is 2.52. The number of amides is 1. The van der Waals surface area contributed by atoms with Gasteiger partial charge in [0.15, 0.2) is 5.71 Å². The molecular weight excluding hydrogens is 328 g/mol. The van der Waals surface area contributed by atoms with E-state index in [4.69, 9.17) is 9.57 Å². The number of nitrogens with one attached hydrogen (secondary N) is 1. The van der Waals surface area contributed by atoms with Gasteiger partial charge >= 0.3 is 0 Å². The third-order valence-corrected chi connectivity index (χ3v) is 4.05. The first kappa shape index (κ1) is 19.5. The standard InChI is InChI=1S/C21H26N2O3/c1-4-5-10-16-11-7-9-14-19(16)26-15-17-12-6-8-13-18(17)20(23-25-3)21(24)22-2/h6-9,11-14H,4-5,10,15H2,1-3H3,(H,22,24)/b23-20+. The molecule has 0 aliphatic carbocycles. The number of hydrogen-bond donors (Lipinski definition) is 1. The van der Waals surface area contributed by atoms with Gasteiger partial charge in [-0.15, -0.1) is 0 Å². The monoisotopic (exact) mass is 354 g/mol. The van der Waals surface area contributed by atoms with Gasteiger partial charge in [-0.3, -0.25) is 4.79 Å². The molecule has 0 aliphatic rings. The van der Waals surface area contributed by atoms with Crippen molar-refractivity contribution in [3.05, 3.63) is 65.2 Å². The Hall–Kier alpha value is -2.82. The molecule has 2 aromatic carbocycles. The summed E-state index contributed by atoms with van der Waals surface area (Å²) in [4.78, 5) is 17.0. The topological polar surface area (TPSA) is 59.9 Å². The molecule has 26 heavy (non-hydrogen) atoms. The summed E-state index contributed by atoms with van der Waals surface area (Å²) in [5, 5.41) is 6.48. The van der Waals surface area contributed by atoms with E-state index in [1.807, 2.05) is 42.5 Å². The van der Waals surface area contributed by atoms with E-state index in [1.165, 1.54) is 12.7 Å². The van der Waals surface area contributed by atoms with Crippen LogP contribution in [0.2, 0.25) is 0 Å². The largest absolute Gasteiger partial charge is 0.489 e. The van der Waals surface area contributed by atoms with Crippen LogP contribution in [0.15, 0.2) is 53.7 Å². The second-order valence-electron chi connectivity index (χ2n) is 5.86. The van der Waals surface area contributed by atoms with Crippen LogP contribution in [0.1, 0.15) is 36.5 Å². The molecule has 0 unspecified atom stereocenters. The van der Waals surface area contributed by atoms with E-state index in [0.717, 1.165) is 30.6 Å². The number of oxime groups is 1. The summed E-state index contributed by atoms with van der Waals surface area (Å²) in [7, 11) is 2.99. The van der Waals surface area contributed by atoms with Gasteiger partial charge in [-0.1, -0.05) is 61.0 Å². The molecule has 2 rings (SSSR count). The highest BCUT2D eigenvalue weighted by atomic mass is 16.6. The summed E-state index contributed by atoms with van der Waals surface area (Å²) in [6.07, 6.45) is 3.25. The Morgan fingerprint density at radius 2 is 1.77 bits per heavy atom. The molecule has 0 spiro atoms. The van der Waals surface area contributed by atoms with E-state index in [0.29, 0.717) is 12.2 Å². The molecule has 138 valence electrons. The van der Waals surface area contributed by atoms with Gasteiger partial charge in [-0.2, -0.15) is 0 Å². The van der Waals surface area contributed by atoms with Gasteiger partial charge in [-0.05, 0) is 30.0 Å². The average molecular weight is 354 g/mol. The SMILES string of the molecule is CCCCc1ccccc1OCc1ccccc1/C(=N\OC)C(=O)NC. The number of ether oxygens (including phenoxy) is 1. The Kier molecular flexibility index (Phi) is 7.68. The van der Waals surface area contributed by atoms with Gasteiger partial charge in [0.2, 0.25) is 0 Å². The van der Waals surface area contributed by atoms with Crippen LogP contribution < -0.4 is 10.1 Å². The maximum absolute atomic E-state index is 12.1. The Labute approximate surface area is 155 Å². The van der Waals surface area contributed by atoms with E-state index >= 15 is 0 Å². The number of likely N-dealkylation sites (N-methyl/N-ethyl adjacent to an activating group) is 1. The van der Waals surface area contributed by atoms with Crippen molar-refractivity contribution in [1.29, 1.82) is 0 Å². The summed E-state index contributed by atoms with van der Waals surface area (Å²) in [5.41, 5.74) is 2.99. The van der Waals surface area contributed by atoms with Crippen LogP contribution in [-0.4, -0.2) is 25.8 Å². The first-order valence-electron chi connectivity index (χ1n) is 8.83. The fraction of sp³-hybridized carbons (Fsp3) is 0.333. The summed E-state index contributed by atoms with van der Waals surface area (Å²) in [6, 6.07) is 15.6. The van der Waals surface area contributed by atoms with Crippen molar-refractivity contribution in [2.24, 2.45) is 5.16 Å². The number of carbonyl (C=O) groups is 1. The van der Waals surface area contributed by atoms with E-state index in [1.54, 1.807) is 7.05 Å². The van der Waals surface area contributed by atoms with Gasteiger partial charge in [0.05, 0.1) is 0 Å². The number of benzene rings is 2. The van der Waals surface area contributed by atoms with Gasteiger partial charge in [0, 0.05) is 12.6 Å². The number of hydrogen-bond acceptors (Lipinski definition) is 4. The zero-order valence-electron chi connectivity index (χ0n) is 15.6.